The van der Waals surface area contributed by atoms with Crippen molar-refractivity contribution >= 4 is 12.2 Å². The molecule has 0 radical (unpaired) electrons. The fourth-order valence-corrected chi connectivity index (χ4v) is 3.83. The van der Waals surface area contributed by atoms with Crippen LogP contribution in [0, 0.1) is 27.7 Å². The summed E-state index contributed by atoms with van der Waals surface area (Å²) >= 11 is 0. The minimum atomic E-state index is -0.908. The average Bonchev–Trinajstić information content (AvgIpc) is 3.21. The van der Waals surface area contributed by atoms with Crippen molar-refractivity contribution in [3.05, 3.63) is 70.1 Å². The van der Waals surface area contributed by atoms with Crippen LogP contribution in [0.2, 0.25) is 0 Å². The summed E-state index contributed by atoms with van der Waals surface area (Å²) in [6, 6.07) is 12.0. The number of methoxy groups -OCH3 is 1. The smallest absolute Gasteiger partial charge is 0.231 e. The van der Waals surface area contributed by atoms with Gasteiger partial charge in [0.25, 0.3) is 0 Å². The fourth-order valence-electron chi connectivity index (χ4n) is 3.83. The summed E-state index contributed by atoms with van der Waals surface area (Å²) in [7, 11) is 1.68. The van der Waals surface area contributed by atoms with Gasteiger partial charge in [0.1, 0.15) is 11.5 Å². The molecule has 1 aromatic heterocycles. The Morgan fingerprint density at radius 3 is 2.16 bits per heavy atom. The molecular formula is C30H41N3O5. The molecule has 2 N–H and O–H groups in total. The summed E-state index contributed by atoms with van der Waals surface area (Å²) < 4.78 is 16.4. The van der Waals surface area contributed by atoms with Crippen LogP contribution in [-0.2, 0) is 27.4 Å². The number of benzene rings is 2. The number of hydrogen-bond donors (Lipinski definition) is 1. The van der Waals surface area contributed by atoms with Gasteiger partial charge in [-0.25, -0.2) is 4.98 Å². The Labute approximate surface area is 226 Å². The quantitative estimate of drug-likeness (QED) is 0.350. The molecule has 0 aliphatic carbocycles. The maximum Gasteiger partial charge on any atom is 0.231 e. The summed E-state index contributed by atoms with van der Waals surface area (Å²) in [5, 5.41) is 0. The van der Waals surface area contributed by atoms with E-state index >= 15 is 0 Å². The van der Waals surface area contributed by atoms with Crippen LogP contribution in [0.4, 0.5) is 0 Å². The molecule has 206 valence electrons. The van der Waals surface area contributed by atoms with E-state index in [1.807, 2.05) is 75.9 Å². The third-order valence-corrected chi connectivity index (χ3v) is 5.81. The predicted molar refractivity (Wildman–Crippen MR) is 149 cm³/mol. The molecule has 0 aliphatic rings. The van der Waals surface area contributed by atoms with Gasteiger partial charge in [-0.2, -0.15) is 0 Å². The summed E-state index contributed by atoms with van der Waals surface area (Å²) in [5.74, 6) is 1.54. The van der Waals surface area contributed by atoms with Crippen LogP contribution in [-0.4, -0.2) is 47.9 Å². The number of oxazole rings is 1. The summed E-state index contributed by atoms with van der Waals surface area (Å²) in [4.78, 5) is 29.7. The molecule has 0 atom stereocenters. The Bertz CT molecular complexity index is 1190. The van der Waals surface area contributed by atoms with Gasteiger partial charge in [0.2, 0.25) is 11.8 Å². The molecule has 0 saturated heterocycles. The van der Waals surface area contributed by atoms with Crippen LogP contribution in [0.5, 0.6) is 5.75 Å². The van der Waals surface area contributed by atoms with E-state index in [4.69, 9.17) is 14.9 Å². The summed E-state index contributed by atoms with van der Waals surface area (Å²) in [5.41, 5.74) is 10.3. The first-order valence-electron chi connectivity index (χ1n) is 12.7. The van der Waals surface area contributed by atoms with Gasteiger partial charge in [0, 0.05) is 32.4 Å². The normalized spacial score (nSPS) is 11.2. The number of nitrogens with zero attached hydrogens (tertiary/aromatic N) is 2. The van der Waals surface area contributed by atoms with Crippen molar-refractivity contribution < 1.29 is 23.5 Å². The van der Waals surface area contributed by atoms with E-state index < -0.39 is 11.5 Å². The molecule has 0 aliphatic heterocycles. The van der Waals surface area contributed by atoms with E-state index in [-0.39, 0.29) is 6.54 Å². The van der Waals surface area contributed by atoms with Crippen molar-refractivity contribution in [3.8, 4) is 17.2 Å². The molecule has 0 bridgehead atoms. The van der Waals surface area contributed by atoms with Gasteiger partial charge >= 0.3 is 0 Å². The Morgan fingerprint density at radius 2 is 1.66 bits per heavy atom. The molecule has 8 heteroatoms. The third kappa shape index (κ3) is 9.11. The number of hydrogen-bond acceptors (Lipinski definition) is 7. The molecule has 0 fully saturated rings. The van der Waals surface area contributed by atoms with Crippen molar-refractivity contribution in [2.75, 3.05) is 20.3 Å². The molecule has 3 aromatic rings. The zero-order valence-electron chi connectivity index (χ0n) is 23.9. The maximum atomic E-state index is 11.8. The van der Waals surface area contributed by atoms with Gasteiger partial charge in [-0.3, -0.25) is 14.5 Å². The second-order valence-electron chi connectivity index (χ2n) is 9.96. The molecule has 38 heavy (non-hydrogen) atoms. The van der Waals surface area contributed by atoms with E-state index in [0.717, 1.165) is 46.4 Å². The maximum absolute atomic E-state index is 11.8. The third-order valence-electron chi connectivity index (χ3n) is 5.81. The van der Waals surface area contributed by atoms with Crippen molar-refractivity contribution in [1.29, 1.82) is 0 Å². The lowest BCUT2D eigenvalue weighted by atomic mass is 10.0. The number of ether oxygens (including phenoxy) is 2. The topological polar surface area (TPSA) is 108 Å². The van der Waals surface area contributed by atoms with E-state index in [0.29, 0.717) is 30.5 Å². The Hall–Kier alpha value is -3.49. The first-order chi connectivity index (χ1) is 17.9. The number of nitrogens with two attached hydrogens (primary N) is 1. The molecule has 2 aromatic carbocycles. The van der Waals surface area contributed by atoms with Crippen molar-refractivity contribution in [2.24, 2.45) is 5.73 Å². The zero-order valence-corrected chi connectivity index (χ0v) is 23.9. The van der Waals surface area contributed by atoms with E-state index in [1.54, 1.807) is 21.0 Å². The second-order valence-corrected chi connectivity index (χ2v) is 9.96. The van der Waals surface area contributed by atoms with E-state index in [2.05, 4.69) is 9.72 Å². The Morgan fingerprint density at radius 1 is 1.08 bits per heavy atom. The number of carbonyl (C=O) groups is 2. The van der Waals surface area contributed by atoms with E-state index in [1.165, 1.54) is 0 Å². The fraction of sp³-hybridized carbons (Fsp3) is 0.433. The molecule has 8 nitrogen and oxygen atoms in total. The number of aromatic nitrogens is 1. The monoisotopic (exact) mass is 523 g/mol. The number of aryl methyl sites for hydroxylation is 4. The number of primary amides is 1. The van der Waals surface area contributed by atoms with Crippen LogP contribution in [0.3, 0.4) is 0 Å². The van der Waals surface area contributed by atoms with Crippen LogP contribution >= 0.6 is 0 Å². The molecule has 1 amide bonds. The molecule has 1 heterocycles. The van der Waals surface area contributed by atoms with Crippen LogP contribution < -0.4 is 10.5 Å². The minimum absolute atomic E-state index is 0.0840. The van der Waals surface area contributed by atoms with Gasteiger partial charge in [-0.1, -0.05) is 29.8 Å². The number of carbonyl (C=O) groups excluding carboxylic acids is 2. The Kier molecular flexibility index (Phi) is 11.2. The van der Waals surface area contributed by atoms with Gasteiger partial charge in [-0.05, 0) is 77.3 Å². The van der Waals surface area contributed by atoms with Crippen molar-refractivity contribution in [2.45, 2.75) is 67.2 Å². The molecule has 0 spiro atoms. The lowest BCUT2D eigenvalue weighted by molar-refractivity contribution is -0.119. The van der Waals surface area contributed by atoms with Gasteiger partial charge in [-0.15, -0.1) is 0 Å². The van der Waals surface area contributed by atoms with Crippen LogP contribution in [0.15, 0.2) is 40.8 Å². The highest BCUT2D eigenvalue weighted by Gasteiger charge is 2.22. The van der Waals surface area contributed by atoms with Gasteiger partial charge in [0.05, 0.1) is 12.2 Å². The SMILES string of the molecule is CCOC.Cc1ccc(-c2nc(CN(CC(N)=O)Cc3cc(C)c(OC(C)(C)C=O)c(C)c3)c(C)o2)cc1. The molecule has 3 rings (SSSR count). The summed E-state index contributed by atoms with van der Waals surface area (Å²) in [6.45, 7) is 15.0. The minimum Gasteiger partial charge on any atom is -0.480 e. The molecule has 0 unspecified atom stereocenters. The molecule has 0 saturated carbocycles. The second kappa shape index (κ2) is 13.9. The van der Waals surface area contributed by atoms with Crippen LogP contribution in [0.1, 0.15) is 54.5 Å². The highest BCUT2D eigenvalue weighted by Crippen LogP contribution is 2.29. The van der Waals surface area contributed by atoms with Crippen molar-refractivity contribution in [1.82, 2.24) is 9.88 Å². The highest BCUT2D eigenvalue weighted by atomic mass is 16.5. The largest absolute Gasteiger partial charge is 0.480 e. The number of amides is 1. The first-order valence-corrected chi connectivity index (χ1v) is 12.7. The highest BCUT2D eigenvalue weighted by molar-refractivity contribution is 5.76. The number of rotatable bonds is 11. The van der Waals surface area contributed by atoms with Crippen molar-refractivity contribution in [3.63, 3.8) is 0 Å². The van der Waals surface area contributed by atoms with Gasteiger partial charge < -0.3 is 19.6 Å². The van der Waals surface area contributed by atoms with Gasteiger partial charge in [0.15, 0.2) is 11.9 Å². The zero-order chi connectivity index (χ0) is 28.5. The lowest BCUT2D eigenvalue weighted by Crippen LogP contribution is -2.33. The van der Waals surface area contributed by atoms with Crippen LogP contribution in [0.25, 0.3) is 11.5 Å². The molecular weight excluding hydrogens is 482 g/mol. The predicted octanol–water partition coefficient (Wildman–Crippen LogP) is 5.07. The lowest BCUT2D eigenvalue weighted by Gasteiger charge is -2.25. The number of aldehydes is 1. The Balaban J connectivity index is 0.00000118. The summed E-state index contributed by atoms with van der Waals surface area (Å²) in [6.07, 6.45) is 0.791. The average molecular weight is 524 g/mol. The van der Waals surface area contributed by atoms with E-state index in [9.17, 15) is 9.59 Å². The standard InChI is InChI=1S/C27H33N3O4.C3H8O/c1-17-7-9-22(10-8-17)26-29-23(20(4)33-26)14-30(15-24(28)32)13-21-11-18(2)25(19(3)12-21)34-27(5,6)16-31;1-3-4-2/h7-12,16H,13-15H2,1-6H3,(H2,28,32);3H2,1-2H3. The first kappa shape index (κ1) is 30.7.